The molecule has 2 nitrogen and oxygen atoms in total. The van der Waals surface area contributed by atoms with Crippen molar-refractivity contribution in [3.63, 3.8) is 0 Å². The van der Waals surface area contributed by atoms with Crippen LogP contribution in [0, 0.1) is 0 Å². The Kier molecular flexibility index (Phi) is 1.47. The molecule has 2 rings (SSSR count). The summed E-state index contributed by atoms with van der Waals surface area (Å²) in [5, 5.41) is 0. The molecule has 0 spiro atoms. The lowest BCUT2D eigenvalue weighted by Gasteiger charge is -2.15. The minimum atomic E-state index is 0.356. The van der Waals surface area contributed by atoms with Crippen molar-refractivity contribution in [2.24, 2.45) is 5.73 Å². The normalized spacial score (nSPS) is 24.3. The van der Waals surface area contributed by atoms with E-state index in [1.165, 1.54) is 10.6 Å². The van der Waals surface area contributed by atoms with Crippen LogP contribution >= 0.6 is 11.3 Å². The smallest absolute Gasteiger partial charge is 0.0797 e. The van der Waals surface area contributed by atoms with Crippen LogP contribution in [-0.4, -0.2) is 11.0 Å². The summed E-state index contributed by atoms with van der Waals surface area (Å²) in [6.07, 6.45) is 3.26. The summed E-state index contributed by atoms with van der Waals surface area (Å²) in [6.45, 7) is 0. The van der Waals surface area contributed by atoms with Gasteiger partial charge in [-0.05, 0) is 12.8 Å². The van der Waals surface area contributed by atoms with Crippen molar-refractivity contribution in [3.8, 4) is 0 Å². The maximum atomic E-state index is 5.77. The Hall–Kier alpha value is -0.410. The maximum Gasteiger partial charge on any atom is 0.0797 e. The molecule has 0 amide bonds. The molecule has 1 heterocycles. The summed E-state index contributed by atoms with van der Waals surface area (Å²) >= 11 is 1.76. The molecule has 2 N–H and O–H groups in total. The van der Waals surface area contributed by atoms with Crippen molar-refractivity contribution in [1.29, 1.82) is 0 Å². The van der Waals surface area contributed by atoms with Crippen LogP contribution in [-0.2, 0) is 12.8 Å². The molecule has 1 aromatic rings. The van der Waals surface area contributed by atoms with Gasteiger partial charge in [-0.2, -0.15) is 0 Å². The molecular weight excluding hydrogens is 144 g/mol. The highest BCUT2D eigenvalue weighted by molar-refractivity contribution is 7.09. The van der Waals surface area contributed by atoms with Crippen molar-refractivity contribution in [2.45, 2.75) is 25.3 Å². The van der Waals surface area contributed by atoms with E-state index < -0.39 is 0 Å². The Balaban J connectivity index is 2.30. The highest BCUT2D eigenvalue weighted by atomic mass is 32.1. The summed E-state index contributed by atoms with van der Waals surface area (Å²) in [5.74, 6) is 0. The number of rotatable bonds is 0. The fraction of sp³-hybridized carbons (Fsp3) is 0.571. The molecule has 10 heavy (non-hydrogen) atoms. The van der Waals surface area contributed by atoms with E-state index >= 15 is 0 Å². The van der Waals surface area contributed by atoms with Gasteiger partial charge in [0.15, 0.2) is 0 Å². The third-order valence-corrected chi connectivity index (χ3v) is 2.86. The molecule has 0 saturated carbocycles. The molecule has 54 valence electrons. The Labute approximate surface area is 64.1 Å². The molecule has 0 saturated heterocycles. The van der Waals surface area contributed by atoms with E-state index in [1.54, 1.807) is 11.3 Å². The van der Waals surface area contributed by atoms with Gasteiger partial charge < -0.3 is 5.73 Å². The zero-order valence-electron chi connectivity index (χ0n) is 5.71. The predicted molar refractivity (Wildman–Crippen MR) is 42.1 cm³/mol. The highest BCUT2D eigenvalue weighted by Crippen LogP contribution is 2.22. The number of hydrogen-bond donors (Lipinski definition) is 1. The minimum absolute atomic E-state index is 0.356. The standard InChI is InChI=1S/C7H10N2S/c8-5-1-2-7-6(3-5)9-4-10-7/h4-5H,1-3,8H2. The first kappa shape index (κ1) is 6.31. The average molecular weight is 154 g/mol. The minimum Gasteiger partial charge on any atom is -0.327 e. The summed E-state index contributed by atoms with van der Waals surface area (Å²) in [4.78, 5) is 5.69. The monoisotopic (exact) mass is 154 g/mol. The Morgan fingerprint density at radius 3 is 3.50 bits per heavy atom. The van der Waals surface area contributed by atoms with Crippen molar-refractivity contribution in [1.82, 2.24) is 4.98 Å². The van der Waals surface area contributed by atoms with Gasteiger partial charge in [0, 0.05) is 17.3 Å². The fourth-order valence-corrected chi connectivity index (χ4v) is 2.15. The van der Waals surface area contributed by atoms with Crippen molar-refractivity contribution in [3.05, 3.63) is 16.1 Å². The van der Waals surface area contributed by atoms with Crippen molar-refractivity contribution < 1.29 is 0 Å². The molecule has 1 unspecified atom stereocenters. The fourth-order valence-electron chi connectivity index (χ4n) is 1.33. The van der Waals surface area contributed by atoms with E-state index in [9.17, 15) is 0 Å². The first-order chi connectivity index (χ1) is 4.86. The quantitative estimate of drug-likeness (QED) is 0.604. The second-order valence-electron chi connectivity index (χ2n) is 2.73. The largest absolute Gasteiger partial charge is 0.327 e. The lowest BCUT2D eigenvalue weighted by Crippen LogP contribution is -2.27. The SMILES string of the molecule is NC1CCc2scnc2C1. The zero-order valence-corrected chi connectivity index (χ0v) is 6.53. The van der Waals surface area contributed by atoms with E-state index in [4.69, 9.17) is 5.73 Å². The first-order valence-corrected chi connectivity index (χ1v) is 4.41. The summed E-state index contributed by atoms with van der Waals surface area (Å²) in [7, 11) is 0. The van der Waals surface area contributed by atoms with Crippen molar-refractivity contribution >= 4 is 11.3 Å². The van der Waals surface area contributed by atoms with Gasteiger partial charge in [-0.1, -0.05) is 0 Å². The summed E-state index contributed by atoms with van der Waals surface area (Å²) in [6, 6.07) is 0.356. The van der Waals surface area contributed by atoms with Gasteiger partial charge >= 0.3 is 0 Å². The second-order valence-corrected chi connectivity index (χ2v) is 3.66. The third kappa shape index (κ3) is 0.954. The summed E-state index contributed by atoms with van der Waals surface area (Å²) in [5.41, 5.74) is 8.93. The molecule has 0 radical (unpaired) electrons. The van der Waals surface area contributed by atoms with Crippen LogP contribution in [0.5, 0.6) is 0 Å². The van der Waals surface area contributed by atoms with Gasteiger partial charge in [0.2, 0.25) is 0 Å². The van der Waals surface area contributed by atoms with E-state index in [0.717, 1.165) is 19.3 Å². The lowest BCUT2D eigenvalue weighted by molar-refractivity contribution is 0.574. The van der Waals surface area contributed by atoms with Gasteiger partial charge in [0.25, 0.3) is 0 Å². The molecule has 1 aliphatic rings. The van der Waals surface area contributed by atoms with E-state index in [-0.39, 0.29) is 0 Å². The second kappa shape index (κ2) is 2.32. The Bertz CT molecular complexity index is 231. The number of thiazole rings is 1. The topological polar surface area (TPSA) is 38.9 Å². The van der Waals surface area contributed by atoms with Gasteiger partial charge in [-0.15, -0.1) is 11.3 Å². The van der Waals surface area contributed by atoms with E-state index in [0.29, 0.717) is 6.04 Å². The number of nitrogens with zero attached hydrogens (tertiary/aromatic N) is 1. The molecule has 1 aliphatic carbocycles. The highest BCUT2D eigenvalue weighted by Gasteiger charge is 2.16. The van der Waals surface area contributed by atoms with Crippen LogP contribution in [0.4, 0.5) is 0 Å². The maximum absolute atomic E-state index is 5.77. The number of nitrogens with two attached hydrogens (primary N) is 1. The number of aryl methyl sites for hydroxylation is 1. The van der Waals surface area contributed by atoms with Gasteiger partial charge in [-0.25, -0.2) is 4.98 Å². The van der Waals surface area contributed by atoms with Gasteiger partial charge in [-0.3, -0.25) is 0 Å². The number of hydrogen-bond acceptors (Lipinski definition) is 3. The molecule has 0 aromatic carbocycles. The molecule has 0 aliphatic heterocycles. The lowest BCUT2D eigenvalue weighted by atomic mass is 9.99. The van der Waals surface area contributed by atoms with Crippen molar-refractivity contribution in [2.75, 3.05) is 0 Å². The molecule has 3 heteroatoms. The Morgan fingerprint density at radius 2 is 2.60 bits per heavy atom. The molecule has 1 atom stereocenters. The van der Waals surface area contributed by atoms with Gasteiger partial charge in [0.05, 0.1) is 11.2 Å². The number of fused-ring (bicyclic) bond motifs is 1. The molecular formula is C7H10N2S. The predicted octanol–water partition coefficient (Wildman–Crippen LogP) is 0.959. The molecule has 1 aromatic heterocycles. The van der Waals surface area contributed by atoms with Crippen LogP contribution < -0.4 is 5.73 Å². The molecule has 0 bridgehead atoms. The third-order valence-electron chi connectivity index (χ3n) is 1.92. The van der Waals surface area contributed by atoms with Crippen LogP contribution in [0.2, 0.25) is 0 Å². The van der Waals surface area contributed by atoms with E-state index in [2.05, 4.69) is 4.98 Å². The van der Waals surface area contributed by atoms with Gasteiger partial charge in [0.1, 0.15) is 0 Å². The first-order valence-electron chi connectivity index (χ1n) is 3.53. The van der Waals surface area contributed by atoms with Crippen LogP contribution in [0.15, 0.2) is 5.51 Å². The number of aromatic nitrogens is 1. The van der Waals surface area contributed by atoms with Crippen LogP contribution in [0.25, 0.3) is 0 Å². The van der Waals surface area contributed by atoms with E-state index in [1.807, 2.05) is 5.51 Å². The molecule has 0 fully saturated rings. The average Bonchev–Trinajstić information content (AvgIpc) is 2.33. The zero-order chi connectivity index (χ0) is 6.97. The summed E-state index contributed by atoms with van der Waals surface area (Å²) < 4.78 is 0. The van der Waals surface area contributed by atoms with Crippen LogP contribution in [0.1, 0.15) is 17.0 Å². The van der Waals surface area contributed by atoms with Crippen LogP contribution in [0.3, 0.4) is 0 Å². The Morgan fingerprint density at radius 1 is 1.70 bits per heavy atom.